The monoisotopic (exact) mass is 564 g/mol. The Morgan fingerprint density at radius 3 is 2.62 bits per heavy atom. The summed E-state index contributed by atoms with van der Waals surface area (Å²) in [4.78, 5) is 22.9. The lowest BCUT2D eigenvalue weighted by Crippen LogP contribution is -2.50. The van der Waals surface area contributed by atoms with Gasteiger partial charge in [-0.25, -0.2) is 4.79 Å². The summed E-state index contributed by atoms with van der Waals surface area (Å²) in [6.45, 7) is 5.44. The van der Waals surface area contributed by atoms with Gasteiger partial charge in [0.2, 0.25) is 0 Å². The molecule has 42 heavy (non-hydrogen) atoms. The number of likely N-dealkylation sites (tertiary alicyclic amines) is 1. The molecule has 0 saturated carbocycles. The number of hydrogen-bond donors (Lipinski definition) is 1. The van der Waals surface area contributed by atoms with Gasteiger partial charge in [0.05, 0.1) is 12.6 Å². The molecule has 3 aromatic carbocycles. The number of amides is 2. The molecule has 4 aromatic rings. The van der Waals surface area contributed by atoms with E-state index in [1.807, 2.05) is 23.2 Å². The van der Waals surface area contributed by atoms with Crippen molar-refractivity contribution in [2.45, 2.75) is 64.1 Å². The highest BCUT2D eigenvalue weighted by Gasteiger charge is 2.29. The minimum atomic E-state index is -0.143. The number of aryl methyl sites for hydroxylation is 1. The molecule has 1 aliphatic rings. The zero-order valence-electron chi connectivity index (χ0n) is 25.0. The van der Waals surface area contributed by atoms with Gasteiger partial charge >= 0.3 is 6.03 Å². The second kappa shape index (κ2) is 14.8. The van der Waals surface area contributed by atoms with Gasteiger partial charge in [0.1, 0.15) is 5.75 Å². The number of carbonyl (C=O) groups excluding carboxylic acids is 1. The van der Waals surface area contributed by atoms with Crippen LogP contribution in [0.4, 0.5) is 4.79 Å². The maximum atomic E-state index is 14.2. The van der Waals surface area contributed by atoms with Crippen molar-refractivity contribution in [1.29, 1.82) is 0 Å². The van der Waals surface area contributed by atoms with Gasteiger partial charge < -0.3 is 19.9 Å². The van der Waals surface area contributed by atoms with Crippen LogP contribution >= 0.6 is 0 Å². The lowest BCUT2D eigenvalue weighted by Gasteiger charge is -2.38. The Hall–Kier alpha value is -3.90. The van der Waals surface area contributed by atoms with Crippen molar-refractivity contribution in [2.75, 3.05) is 26.7 Å². The Balaban J connectivity index is 1.40. The van der Waals surface area contributed by atoms with Crippen molar-refractivity contribution in [3.05, 3.63) is 108 Å². The summed E-state index contributed by atoms with van der Waals surface area (Å²) in [5, 5.41) is 5.87. The van der Waals surface area contributed by atoms with Crippen LogP contribution in [0.15, 0.2) is 91.3 Å². The SMILES string of the molecule is CCCCOc1cccc(CCC(NC(=O)N(Cc2cccnc2)C2CCN(C)CC2)c2cccc3ccccc23)c1. The highest BCUT2D eigenvalue weighted by molar-refractivity contribution is 5.87. The first-order valence-electron chi connectivity index (χ1n) is 15.4. The lowest BCUT2D eigenvalue weighted by molar-refractivity contribution is 0.124. The molecule has 2 heterocycles. The Labute approximate surface area is 250 Å². The highest BCUT2D eigenvalue weighted by Crippen LogP contribution is 2.29. The standard InChI is InChI=1S/C36H44N4O2/c1-3-4-24-42-32-14-7-10-28(25-32)17-18-35(34-16-8-13-30-12-5-6-15-33(30)34)38-36(41)40(27-29-11-9-21-37-26-29)31-19-22-39(2)23-20-31/h5-16,21,25-26,31,35H,3-4,17-20,22-24,27H2,1-2H3,(H,38,41). The summed E-state index contributed by atoms with van der Waals surface area (Å²) >= 11 is 0. The van der Waals surface area contributed by atoms with Gasteiger partial charge in [-0.2, -0.15) is 0 Å². The summed E-state index contributed by atoms with van der Waals surface area (Å²) in [6, 6.07) is 27.3. The van der Waals surface area contributed by atoms with Crippen molar-refractivity contribution in [1.82, 2.24) is 20.1 Å². The average Bonchev–Trinajstić information content (AvgIpc) is 3.03. The summed E-state index contributed by atoms with van der Waals surface area (Å²) in [6.07, 6.45) is 9.36. The third-order valence-electron chi connectivity index (χ3n) is 8.35. The van der Waals surface area contributed by atoms with Crippen molar-refractivity contribution >= 4 is 16.8 Å². The van der Waals surface area contributed by atoms with E-state index in [1.165, 1.54) is 16.3 Å². The lowest BCUT2D eigenvalue weighted by atomic mass is 9.94. The Kier molecular flexibility index (Phi) is 10.4. The van der Waals surface area contributed by atoms with E-state index in [0.29, 0.717) is 6.54 Å². The predicted molar refractivity (Wildman–Crippen MR) is 171 cm³/mol. The van der Waals surface area contributed by atoms with Gasteiger partial charge in [0.15, 0.2) is 0 Å². The summed E-state index contributed by atoms with van der Waals surface area (Å²) in [7, 11) is 2.15. The minimum absolute atomic E-state index is 0.0111. The number of rotatable bonds is 12. The molecular weight excluding hydrogens is 520 g/mol. The smallest absolute Gasteiger partial charge is 0.318 e. The number of hydrogen-bond acceptors (Lipinski definition) is 4. The minimum Gasteiger partial charge on any atom is -0.494 e. The number of fused-ring (bicyclic) bond motifs is 1. The Bertz CT molecular complexity index is 1410. The molecule has 220 valence electrons. The van der Waals surface area contributed by atoms with E-state index in [0.717, 1.165) is 75.1 Å². The van der Waals surface area contributed by atoms with Crippen molar-refractivity contribution in [3.8, 4) is 5.75 Å². The number of nitrogens with one attached hydrogen (secondary N) is 1. The largest absolute Gasteiger partial charge is 0.494 e. The van der Waals surface area contributed by atoms with E-state index in [9.17, 15) is 4.79 Å². The molecule has 1 aromatic heterocycles. The zero-order chi connectivity index (χ0) is 29.1. The van der Waals surface area contributed by atoms with Gasteiger partial charge in [0.25, 0.3) is 0 Å². The molecule has 1 saturated heterocycles. The van der Waals surface area contributed by atoms with E-state index in [-0.39, 0.29) is 18.1 Å². The first-order valence-corrected chi connectivity index (χ1v) is 15.4. The fourth-order valence-electron chi connectivity index (χ4n) is 5.89. The van der Waals surface area contributed by atoms with Crippen molar-refractivity contribution in [3.63, 3.8) is 0 Å². The molecule has 0 spiro atoms. The molecule has 5 rings (SSSR count). The molecule has 1 unspecified atom stereocenters. The fraction of sp³-hybridized carbons (Fsp3) is 0.389. The van der Waals surface area contributed by atoms with Crippen LogP contribution in [-0.4, -0.2) is 53.6 Å². The van der Waals surface area contributed by atoms with Crippen LogP contribution in [0, 0.1) is 0 Å². The van der Waals surface area contributed by atoms with E-state index in [4.69, 9.17) is 4.74 Å². The fourth-order valence-corrected chi connectivity index (χ4v) is 5.89. The molecule has 1 N–H and O–H groups in total. The number of piperidine rings is 1. The number of ether oxygens (including phenoxy) is 1. The third kappa shape index (κ3) is 7.89. The molecule has 1 atom stereocenters. The third-order valence-corrected chi connectivity index (χ3v) is 8.35. The van der Waals surface area contributed by atoms with Gasteiger partial charge in [0, 0.05) is 25.0 Å². The molecular formula is C36H44N4O2. The number of urea groups is 1. The molecule has 6 nitrogen and oxygen atoms in total. The summed E-state index contributed by atoms with van der Waals surface area (Å²) in [5.41, 5.74) is 3.42. The Morgan fingerprint density at radius 1 is 1.02 bits per heavy atom. The van der Waals surface area contributed by atoms with Crippen LogP contribution in [0.5, 0.6) is 5.75 Å². The highest BCUT2D eigenvalue weighted by atomic mass is 16.5. The second-order valence-electron chi connectivity index (χ2n) is 11.5. The van der Waals surface area contributed by atoms with Gasteiger partial charge in [-0.15, -0.1) is 0 Å². The van der Waals surface area contributed by atoms with E-state index in [2.05, 4.69) is 95.9 Å². The predicted octanol–water partition coefficient (Wildman–Crippen LogP) is 7.39. The van der Waals surface area contributed by atoms with E-state index < -0.39 is 0 Å². The Morgan fingerprint density at radius 2 is 1.81 bits per heavy atom. The number of benzene rings is 3. The van der Waals surface area contributed by atoms with Crippen molar-refractivity contribution in [2.24, 2.45) is 0 Å². The number of unbranched alkanes of at least 4 members (excludes halogenated alkanes) is 1. The van der Waals surface area contributed by atoms with Crippen LogP contribution in [0.25, 0.3) is 10.8 Å². The van der Waals surface area contributed by atoms with Crippen LogP contribution in [0.3, 0.4) is 0 Å². The van der Waals surface area contributed by atoms with Crippen LogP contribution in [0.1, 0.15) is 61.8 Å². The van der Waals surface area contributed by atoms with Crippen LogP contribution in [0.2, 0.25) is 0 Å². The molecule has 0 bridgehead atoms. The van der Waals surface area contributed by atoms with Gasteiger partial charge in [-0.05, 0) is 97.9 Å². The van der Waals surface area contributed by atoms with Gasteiger partial charge in [-0.1, -0.05) is 74.0 Å². The first kappa shape index (κ1) is 29.6. The van der Waals surface area contributed by atoms with E-state index >= 15 is 0 Å². The quantitative estimate of drug-likeness (QED) is 0.182. The average molecular weight is 565 g/mol. The maximum Gasteiger partial charge on any atom is 0.318 e. The van der Waals surface area contributed by atoms with Crippen molar-refractivity contribution < 1.29 is 9.53 Å². The van der Waals surface area contributed by atoms with Crippen LogP contribution < -0.4 is 10.1 Å². The molecule has 1 fully saturated rings. The summed E-state index contributed by atoms with van der Waals surface area (Å²) in [5.74, 6) is 0.914. The number of pyridine rings is 1. The molecule has 2 amide bonds. The number of carbonyl (C=O) groups is 1. The van der Waals surface area contributed by atoms with E-state index in [1.54, 1.807) is 6.20 Å². The second-order valence-corrected chi connectivity index (χ2v) is 11.5. The molecule has 6 heteroatoms. The molecule has 0 radical (unpaired) electrons. The summed E-state index contributed by atoms with van der Waals surface area (Å²) < 4.78 is 5.98. The van der Waals surface area contributed by atoms with Gasteiger partial charge in [-0.3, -0.25) is 4.98 Å². The number of nitrogens with zero attached hydrogens (tertiary/aromatic N) is 3. The first-order chi connectivity index (χ1) is 20.6. The topological polar surface area (TPSA) is 57.7 Å². The zero-order valence-corrected chi connectivity index (χ0v) is 25.0. The maximum absolute atomic E-state index is 14.2. The molecule has 0 aliphatic carbocycles. The van der Waals surface area contributed by atoms with Crippen LogP contribution in [-0.2, 0) is 13.0 Å². The number of aromatic nitrogens is 1. The normalized spacial score (nSPS) is 14.9. The molecule has 1 aliphatic heterocycles.